The minimum Gasteiger partial charge on any atom is -0.331 e. The molecule has 94 valence electrons. The van der Waals surface area contributed by atoms with Gasteiger partial charge in [-0.1, -0.05) is 6.07 Å². The molecule has 0 atom stereocenters. The molecule has 0 bridgehead atoms. The molecule has 0 spiro atoms. The van der Waals surface area contributed by atoms with Gasteiger partial charge < -0.3 is 9.88 Å². The fourth-order valence-corrected chi connectivity index (χ4v) is 2.56. The first-order valence-electron chi connectivity index (χ1n) is 6.56. The summed E-state index contributed by atoms with van der Waals surface area (Å²) in [5.41, 5.74) is 1.08. The lowest BCUT2D eigenvalue weighted by molar-refractivity contribution is 0.361. The molecule has 1 aliphatic heterocycles. The normalized spacial score (nSPS) is 16.9. The van der Waals surface area contributed by atoms with Gasteiger partial charge in [-0.3, -0.25) is 4.98 Å². The molecule has 0 aromatic carbocycles. The average molecular weight is 242 g/mol. The van der Waals surface area contributed by atoms with Crippen molar-refractivity contribution in [1.82, 2.24) is 19.9 Å². The van der Waals surface area contributed by atoms with Crippen LogP contribution in [0.1, 0.15) is 30.4 Å². The first-order valence-corrected chi connectivity index (χ1v) is 6.56. The van der Waals surface area contributed by atoms with E-state index < -0.39 is 0 Å². The maximum Gasteiger partial charge on any atom is 0.114 e. The molecule has 2 aromatic rings. The van der Waals surface area contributed by atoms with E-state index in [0.29, 0.717) is 6.04 Å². The molecular weight excluding hydrogens is 224 g/mol. The molecule has 0 aliphatic carbocycles. The van der Waals surface area contributed by atoms with Crippen molar-refractivity contribution in [2.75, 3.05) is 13.1 Å². The van der Waals surface area contributed by atoms with E-state index in [1.54, 1.807) is 0 Å². The Hall–Kier alpha value is -1.68. The van der Waals surface area contributed by atoms with Crippen LogP contribution in [0.3, 0.4) is 0 Å². The van der Waals surface area contributed by atoms with Gasteiger partial charge in [-0.25, -0.2) is 4.98 Å². The maximum atomic E-state index is 4.49. The van der Waals surface area contributed by atoms with Gasteiger partial charge in [0.25, 0.3) is 0 Å². The Morgan fingerprint density at radius 1 is 1.17 bits per heavy atom. The van der Waals surface area contributed by atoms with E-state index in [1.807, 2.05) is 24.5 Å². The molecule has 4 heteroatoms. The molecule has 0 unspecified atom stereocenters. The summed E-state index contributed by atoms with van der Waals surface area (Å²) in [5.74, 6) is 1.13. The standard InChI is InChI=1S/C14H18N4/c1-2-6-16-12(3-1)11-14-17-9-10-18(14)13-4-7-15-8-5-13/h1-3,6,9-10,13,15H,4-5,7-8,11H2. The van der Waals surface area contributed by atoms with E-state index in [0.717, 1.165) is 31.0 Å². The van der Waals surface area contributed by atoms with E-state index in [4.69, 9.17) is 0 Å². The summed E-state index contributed by atoms with van der Waals surface area (Å²) in [6, 6.07) is 6.62. The first kappa shape index (κ1) is 11.4. The Balaban J connectivity index is 1.78. The van der Waals surface area contributed by atoms with Gasteiger partial charge >= 0.3 is 0 Å². The number of piperidine rings is 1. The van der Waals surface area contributed by atoms with Gasteiger partial charge in [-0.05, 0) is 38.1 Å². The summed E-state index contributed by atoms with van der Waals surface area (Å²) in [6.07, 6.45) is 9.04. The van der Waals surface area contributed by atoms with Crippen LogP contribution in [0.5, 0.6) is 0 Å². The second-order valence-electron chi connectivity index (χ2n) is 4.73. The van der Waals surface area contributed by atoms with Crippen LogP contribution in [0, 0.1) is 0 Å². The average Bonchev–Trinajstić information content (AvgIpc) is 2.89. The zero-order valence-corrected chi connectivity index (χ0v) is 10.4. The minimum absolute atomic E-state index is 0.590. The van der Waals surface area contributed by atoms with Gasteiger partial charge in [0.05, 0.1) is 0 Å². The van der Waals surface area contributed by atoms with Crippen molar-refractivity contribution in [3.05, 3.63) is 48.3 Å². The summed E-state index contributed by atoms with van der Waals surface area (Å²) in [7, 11) is 0. The molecule has 2 aromatic heterocycles. The summed E-state index contributed by atoms with van der Waals surface area (Å²) in [6.45, 7) is 2.21. The van der Waals surface area contributed by atoms with Gasteiger partial charge in [0.15, 0.2) is 0 Å². The third kappa shape index (κ3) is 2.43. The highest BCUT2D eigenvalue weighted by Crippen LogP contribution is 2.21. The van der Waals surface area contributed by atoms with Gasteiger partial charge in [-0.15, -0.1) is 0 Å². The predicted molar refractivity (Wildman–Crippen MR) is 70.4 cm³/mol. The number of nitrogens with zero attached hydrogens (tertiary/aromatic N) is 3. The Morgan fingerprint density at radius 3 is 2.83 bits per heavy atom. The van der Waals surface area contributed by atoms with Crippen LogP contribution in [0.25, 0.3) is 0 Å². The molecule has 1 N–H and O–H groups in total. The second kappa shape index (κ2) is 5.31. The number of rotatable bonds is 3. The Bertz CT molecular complexity index is 486. The fourth-order valence-electron chi connectivity index (χ4n) is 2.56. The molecule has 0 saturated carbocycles. The van der Waals surface area contributed by atoms with Gasteiger partial charge in [0.2, 0.25) is 0 Å². The van der Waals surface area contributed by atoms with Crippen LogP contribution in [0.4, 0.5) is 0 Å². The van der Waals surface area contributed by atoms with Gasteiger partial charge in [-0.2, -0.15) is 0 Å². The van der Waals surface area contributed by atoms with Gasteiger partial charge in [0, 0.05) is 36.7 Å². The van der Waals surface area contributed by atoms with Crippen LogP contribution in [-0.2, 0) is 6.42 Å². The Morgan fingerprint density at radius 2 is 2.06 bits per heavy atom. The van der Waals surface area contributed by atoms with Crippen molar-refractivity contribution < 1.29 is 0 Å². The molecule has 0 radical (unpaired) electrons. The van der Waals surface area contributed by atoms with Crippen LogP contribution in [-0.4, -0.2) is 27.6 Å². The maximum absolute atomic E-state index is 4.49. The Labute approximate surface area is 107 Å². The first-order chi connectivity index (χ1) is 8.93. The molecule has 1 fully saturated rings. The van der Waals surface area contributed by atoms with Crippen molar-refractivity contribution in [1.29, 1.82) is 0 Å². The lowest BCUT2D eigenvalue weighted by Gasteiger charge is -2.25. The molecule has 4 nitrogen and oxygen atoms in total. The minimum atomic E-state index is 0.590. The fraction of sp³-hybridized carbons (Fsp3) is 0.429. The van der Waals surface area contributed by atoms with Crippen molar-refractivity contribution in [2.24, 2.45) is 0 Å². The summed E-state index contributed by atoms with van der Waals surface area (Å²) < 4.78 is 2.33. The van der Waals surface area contributed by atoms with E-state index in [2.05, 4.69) is 32.1 Å². The van der Waals surface area contributed by atoms with Crippen LogP contribution in [0.15, 0.2) is 36.8 Å². The number of hydrogen-bond acceptors (Lipinski definition) is 3. The lowest BCUT2D eigenvalue weighted by Crippen LogP contribution is -2.29. The van der Waals surface area contributed by atoms with E-state index in [1.165, 1.54) is 12.8 Å². The topological polar surface area (TPSA) is 42.7 Å². The largest absolute Gasteiger partial charge is 0.331 e. The SMILES string of the molecule is c1ccc(Cc2nccn2C2CCNCC2)nc1. The third-order valence-corrected chi connectivity index (χ3v) is 3.52. The highest BCUT2D eigenvalue weighted by Gasteiger charge is 2.17. The quantitative estimate of drug-likeness (QED) is 0.892. The monoisotopic (exact) mass is 242 g/mol. The molecule has 3 heterocycles. The van der Waals surface area contributed by atoms with Gasteiger partial charge in [0.1, 0.15) is 5.82 Å². The number of imidazole rings is 1. The predicted octanol–water partition coefficient (Wildman–Crippen LogP) is 1.79. The Kier molecular flexibility index (Phi) is 3.37. The van der Waals surface area contributed by atoms with Crippen LogP contribution in [0.2, 0.25) is 0 Å². The number of aromatic nitrogens is 3. The smallest absolute Gasteiger partial charge is 0.114 e. The van der Waals surface area contributed by atoms with Crippen molar-refractivity contribution in [3.8, 4) is 0 Å². The van der Waals surface area contributed by atoms with Crippen molar-refractivity contribution >= 4 is 0 Å². The molecule has 3 rings (SSSR count). The zero-order chi connectivity index (χ0) is 12.2. The molecule has 1 aliphatic rings. The summed E-state index contributed by atoms with van der Waals surface area (Å²) in [5, 5.41) is 3.40. The number of pyridine rings is 1. The van der Waals surface area contributed by atoms with E-state index in [9.17, 15) is 0 Å². The second-order valence-corrected chi connectivity index (χ2v) is 4.73. The third-order valence-electron chi connectivity index (χ3n) is 3.52. The summed E-state index contributed by atoms with van der Waals surface area (Å²) in [4.78, 5) is 8.86. The van der Waals surface area contributed by atoms with Crippen LogP contribution < -0.4 is 5.32 Å². The van der Waals surface area contributed by atoms with Crippen molar-refractivity contribution in [2.45, 2.75) is 25.3 Å². The highest BCUT2D eigenvalue weighted by molar-refractivity contribution is 5.11. The molecule has 0 amide bonds. The van der Waals surface area contributed by atoms with E-state index >= 15 is 0 Å². The summed E-state index contributed by atoms with van der Waals surface area (Å²) >= 11 is 0. The number of hydrogen-bond donors (Lipinski definition) is 1. The molecule has 18 heavy (non-hydrogen) atoms. The lowest BCUT2D eigenvalue weighted by atomic mass is 10.1. The number of nitrogens with one attached hydrogen (secondary N) is 1. The van der Waals surface area contributed by atoms with Crippen LogP contribution >= 0.6 is 0 Å². The molecule has 1 saturated heterocycles. The molecular formula is C14H18N4. The van der Waals surface area contributed by atoms with E-state index in [-0.39, 0.29) is 0 Å². The highest BCUT2D eigenvalue weighted by atomic mass is 15.1. The zero-order valence-electron chi connectivity index (χ0n) is 10.4. The van der Waals surface area contributed by atoms with Crippen molar-refractivity contribution in [3.63, 3.8) is 0 Å².